The summed E-state index contributed by atoms with van der Waals surface area (Å²) in [7, 11) is 0. The predicted octanol–water partition coefficient (Wildman–Crippen LogP) is 2.69. The zero-order valence-electron chi connectivity index (χ0n) is 15.2. The van der Waals surface area contributed by atoms with Crippen molar-refractivity contribution in [3.63, 3.8) is 0 Å². The van der Waals surface area contributed by atoms with E-state index in [2.05, 4.69) is 25.5 Å². The van der Waals surface area contributed by atoms with Crippen molar-refractivity contribution in [2.45, 2.75) is 6.54 Å². The first-order valence-electron chi connectivity index (χ1n) is 8.84. The van der Waals surface area contributed by atoms with Crippen LogP contribution in [-0.4, -0.2) is 38.0 Å². The Balaban J connectivity index is 1.75. The van der Waals surface area contributed by atoms with Crippen LogP contribution >= 0.6 is 0 Å². The number of aromatic nitrogens is 5. The maximum atomic E-state index is 14.1. The van der Waals surface area contributed by atoms with Gasteiger partial charge in [0.05, 0.1) is 18.4 Å². The molecule has 0 atom stereocenters. The summed E-state index contributed by atoms with van der Waals surface area (Å²) in [6.07, 6.45) is 2.49. The molecule has 4 aromatic rings. The van der Waals surface area contributed by atoms with Crippen LogP contribution in [-0.2, 0) is 6.54 Å². The summed E-state index contributed by atoms with van der Waals surface area (Å²) in [5, 5.41) is 11.2. The Bertz CT molecular complexity index is 1110. The zero-order valence-corrected chi connectivity index (χ0v) is 15.2. The van der Waals surface area contributed by atoms with Gasteiger partial charge in [0.2, 0.25) is 0 Å². The van der Waals surface area contributed by atoms with Crippen molar-refractivity contribution >= 4 is 5.82 Å². The Morgan fingerprint density at radius 2 is 1.97 bits per heavy atom. The fraction of sp³-hybridized carbons (Fsp3) is 0.158. The van der Waals surface area contributed by atoms with Crippen molar-refractivity contribution in [3.8, 4) is 22.9 Å². The molecule has 0 amide bonds. The van der Waals surface area contributed by atoms with E-state index in [1.54, 1.807) is 35.0 Å². The summed E-state index contributed by atoms with van der Waals surface area (Å²) in [6.45, 7) is 0.847. The summed E-state index contributed by atoms with van der Waals surface area (Å²) < 4.78 is 34.6. The highest BCUT2D eigenvalue weighted by Gasteiger charge is 2.18. The van der Waals surface area contributed by atoms with Crippen LogP contribution in [0, 0.1) is 11.6 Å². The minimum Gasteiger partial charge on any atom is -0.366 e. The van der Waals surface area contributed by atoms with Crippen LogP contribution < -0.4 is 11.1 Å². The van der Waals surface area contributed by atoms with Gasteiger partial charge in [-0.1, -0.05) is 23.4 Å². The Labute approximate surface area is 164 Å². The van der Waals surface area contributed by atoms with Gasteiger partial charge in [0.15, 0.2) is 17.5 Å². The molecular weight excluding hydrogens is 380 g/mol. The minimum absolute atomic E-state index is 0.0343. The highest BCUT2D eigenvalue weighted by atomic mass is 19.1. The van der Waals surface area contributed by atoms with E-state index in [-0.39, 0.29) is 24.0 Å². The number of rotatable bonds is 7. The average molecular weight is 397 g/mol. The molecular formula is C19H17F2N7O. The van der Waals surface area contributed by atoms with Crippen LogP contribution in [0.2, 0.25) is 0 Å². The second-order valence-electron chi connectivity index (χ2n) is 6.15. The number of benzene rings is 1. The van der Waals surface area contributed by atoms with Crippen LogP contribution in [0.15, 0.2) is 53.4 Å². The lowest BCUT2D eigenvalue weighted by Crippen LogP contribution is -2.15. The van der Waals surface area contributed by atoms with Crippen LogP contribution in [0.25, 0.3) is 22.9 Å². The highest BCUT2D eigenvalue weighted by molar-refractivity contribution is 5.63. The minimum atomic E-state index is -0.593. The molecule has 3 heterocycles. The number of hydrogen-bond acceptors (Lipinski definition) is 7. The van der Waals surface area contributed by atoms with Gasteiger partial charge in [-0.2, -0.15) is 5.10 Å². The SMILES string of the molecule is NCCNc1nc(-c2cc(-c3ccon3)n(Cc3ccccc3F)n2)ncc1F. The molecule has 0 aliphatic carbocycles. The largest absolute Gasteiger partial charge is 0.366 e. The molecule has 0 unspecified atom stereocenters. The third-order valence-corrected chi connectivity index (χ3v) is 4.17. The number of hydrogen-bond donors (Lipinski definition) is 2. The van der Waals surface area contributed by atoms with Crippen molar-refractivity contribution in [1.29, 1.82) is 0 Å². The lowest BCUT2D eigenvalue weighted by molar-refractivity contribution is 0.421. The van der Waals surface area contributed by atoms with Gasteiger partial charge in [-0.15, -0.1) is 0 Å². The standard InChI is InChI=1S/C19H17F2N7O/c20-13-4-2-1-3-12(13)11-28-17(15-5-8-29-27-15)9-16(26-28)19-24-10-14(21)18(25-19)23-7-6-22/h1-5,8-10H,6-7,11,22H2,(H,23,24,25). The van der Waals surface area contributed by atoms with E-state index in [9.17, 15) is 8.78 Å². The van der Waals surface area contributed by atoms with Gasteiger partial charge in [-0.25, -0.2) is 18.7 Å². The Kier molecular flexibility index (Phi) is 5.25. The van der Waals surface area contributed by atoms with Gasteiger partial charge in [0.1, 0.15) is 23.5 Å². The van der Waals surface area contributed by atoms with Gasteiger partial charge in [0, 0.05) is 24.7 Å². The lowest BCUT2D eigenvalue weighted by atomic mass is 10.2. The number of nitrogens with two attached hydrogens (primary N) is 1. The molecule has 0 saturated heterocycles. The molecule has 0 radical (unpaired) electrons. The maximum Gasteiger partial charge on any atom is 0.183 e. The second kappa shape index (κ2) is 8.15. The molecule has 1 aromatic carbocycles. The van der Waals surface area contributed by atoms with Crippen molar-refractivity contribution in [2.24, 2.45) is 5.73 Å². The fourth-order valence-electron chi connectivity index (χ4n) is 2.79. The topological polar surface area (TPSA) is 108 Å². The zero-order chi connectivity index (χ0) is 20.2. The van der Waals surface area contributed by atoms with Gasteiger partial charge in [-0.3, -0.25) is 4.68 Å². The summed E-state index contributed by atoms with van der Waals surface area (Å²) in [5.41, 5.74) is 7.39. The van der Waals surface area contributed by atoms with E-state index in [4.69, 9.17) is 10.3 Å². The number of nitrogens with one attached hydrogen (secondary N) is 1. The number of halogens is 2. The number of anilines is 1. The van der Waals surface area contributed by atoms with Gasteiger partial charge >= 0.3 is 0 Å². The molecule has 3 N–H and O–H groups in total. The monoisotopic (exact) mass is 397 g/mol. The normalized spacial score (nSPS) is 11.0. The smallest absolute Gasteiger partial charge is 0.183 e. The lowest BCUT2D eigenvalue weighted by Gasteiger charge is -2.07. The third-order valence-electron chi connectivity index (χ3n) is 4.17. The molecule has 0 aliphatic heterocycles. The molecule has 0 fully saturated rings. The quantitative estimate of drug-likeness (QED) is 0.494. The second-order valence-corrected chi connectivity index (χ2v) is 6.15. The van der Waals surface area contributed by atoms with Gasteiger partial charge in [-0.05, 0) is 12.1 Å². The Morgan fingerprint density at radius 1 is 1.10 bits per heavy atom. The first-order valence-corrected chi connectivity index (χ1v) is 8.84. The van der Waals surface area contributed by atoms with Crippen molar-refractivity contribution in [2.75, 3.05) is 18.4 Å². The molecule has 29 heavy (non-hydrogen) atoms. The van der Waals surface area contributed by atoms with E-state index < -0.39 is 5.82 Å². The molecule has 0 aliphatic rings. The van der Waals surface area contributed by atoms with E-state index in [0.717, 1.165) is 6.20 Å². The van der Waals surface area contributed by atoms with E-state index in [0.29, 0.717) is 35.7 Å². The van der Waals surface area contributed by atoms with Crippen LogP contribution in [0.1, 0.15) is 5.56 Å². The third kappa shape index (κ3) is 3.97. The molecule has 4 rings (SSSR count). The van der Waals surface area contributed by atoms with Crippen molar-refractivity contribution in [3.05, 3.63) is 66.1 Å². The number of nitrogens with zero attached hydrogens (tertiary/aromatic N) is 5. The molecule has 10 heteroatoms. The maximum absolute atomic E-state index is 14.1. The average Bonchev–Trinajstić information content (AvgIpc) is 3.39. The van der Waals surface area contributed by atoms with Crippen LogP contribution in [0.5, 0.6) is 0 Å². The predicted molar refractivity (Wildman–Crippen MR) is 102 cm³/mol. The Hall–Kier alpha value is -3.66. The fourth-order valence-corrected chi connectivity index (χ4v) is 2.79. The first kappa shape index (κ1) is 18.7. The molecule has 148 valence electrons. The van der Waals surface area contributed by atoms with E-state index >= 15 is 0 Å². The summed E-state index contributed by atoms with van der Waals surface area (Å²) in [5.74, 6) is -0.693. The van der Waals surface area contributed by atoms with E-state index in [1.807, 2.05) is 0 Å². The molecule has 0 bridgehead atoms. The molecule has 8 nitrogen and oxygen atoms in total. The van der Waals surface area contributed by atoms with E-state index in [1.165, 1.54) is 12.3 Å². The summed E-state index contributed by atoms with van der Waals surface area (Å²) in [4.78, 5) is 8.22. The molecule has 0 saturated carbocycles. The first-order chi connectivity index (χ1) is 14.2. The Morgan fingerprint density at radius 3 is 2.72 bits per heavy atom. The van der Waals surface area contributed by atoms with Crippen molar-refractivity contribution < 1.29 is 13.3 Å². The van der Waals surface area contributed by atoms with Crippen molar-refractivity contribution in [1.82, 2.24) is 24.9 Å². The van der Waals surface area contributed by atoms with Gasteiger partial charge in [0.25, 0.3) is 0 Å². The van der Waals surface area contributed by atoms with Crippen LogP contribution in [0.3, 0.4) is 0 Å². The highest BCUT2D eigenvalue weighted by Crippen LogP contribution is 2.25. The van der Waals surface area contributed by atoms with Crippen LogP contribution in [0.4, 0.5) is 14.6 Å². The van der Waals surface area contributed by atoms with Gasteiger partial charge < -0.3 is 15.6 Å². The molecule has 3 aromatic heterocycles. The molecule has 0 spiro atoms. The summed E-state index contributed by atoms with van der Waals surface area (Å²) >= 11 is 0. The summed E-state index contributed by atoms with van der Waals surface area (Å²) in [6, 6.07) is 9.78.